The van der Waals surface area contributed by atoms with Gasteiger partial charge in [0.1, 0.15) is 0 Å². The normalized spacial score (nSPS) is 26.5. The molecule has 2 aliphatic rings. The fraction of sp³-hybridized carbons (Fsp3) is 0.625. The van der Waals surface area contributed by atoms with Crippen LogP contribution in [0.1, 0.15) is 43.7 Å². The summed E-state index contributed by atoms with van der Waals surface area (Å²) in [6.07, 6.45) is 8.07. The first-order valence-electron chi connectivity index (χ1n) is 7.38. The molecule has 18 heavy (non-hydrogen) atoms. The molecule has 0 spiro atoms. The first-order valence-corrected chi connectivity index (χ1v) is 8.26. The van der Waals surface area contributed by atoms with E-state index in [0.29, 0.717) is 0 Å². The van der Waals surface area contributed by atoms with Gasteiger partial charge in [-0.3, -0.25) is 0 Å². The minimum Gasteiger partial charge on any atom is -0.313 e. The molecule has 0 saturated heterocycles. The molecular weight excluding hydrogens is 238 g/mol. The fourth-order valence-corrected chi connectivity index (χ4v) is 4.75. The zero-order valence-corrected chi connectivity index (χ0v) is 12.1. The van der Waals surface area contributed by atoms with Gasteiger partial charge in [-0.05, 0) is 61.9 Å². The van der Waals surface area contributed by atoms with Gasteiger partial charge in [-0.2, -0.15) is 0 Å². The molecule has 0 amide bonds. The molecule has 2 aliphatic carbocycles. The number of rotatable bonds is 4. The predicted octanol–water partition coefficient (Wildman–Crippen LogP) is 3.80. The maximum Gasteiger partial charge on any atom is 0.0248 e. The van der Waals surface area contributed by atoms with Gasteiger partial charge in [-0.1, -0.05) is 19.4 Å². The summed E-state index contributed by atoms with van der Waals surface area (Å²) < 4.78 is 0. The molecule has 3 rings (SSSR count). The minimum atomic E-state index is 0.730. The Morgan fingerprint density at radius 2 is 2.06 bits per heavy atom. The van der Waals surface area contributed by atoms with Crippen LogP contribution < -0.4 is 5.32 Å². The third-order valence-electron chi connectivity index (χ3n) is 4.28. The summed E-state index contributed by atoms with van der Waals surface area (Å²) in [4.78, 5) is 1.49. The summed E-state index contributed by atoms with van der Waals surface area (Å²) in [5.74, 6) is 0. The summed E-state index contributed by atoms with van der Waals surface area (Å²) in [5.41, 5.74) is 3.20. The van der Waals surface area contributed by atoms with Crippen LogP contribution in [-0.4, -0.2) is 17.8 Å². The molecular formula is C16H23NS. The second kappa shape index (κ2) is 5.66. The molecule has 1 aromatic carbocycles. The van der Waals surface area contributed by atoms with E-state index in [2.05, 4.69) is 42.2 Å². The van der Waals surface area contributed by atoms with Crippen molar-refractivity contribution in [2.75, 3.05) is 6.54 Å². The van der Waals surface area contributed by atoms with E-state index >= 15 is 0 Å². The Kier molecular flexibility index (Phi) is 3.95. The molecule has 0 radical (unpaired) electrons. The molecule has 0 aromatic heterocycles. The van der Waals surface area contributed by atoms with Crippen LogP contribution in [0.5, 0.6) is 0 Å². The second-order valence-electron chi connectivity index (χ2n) is 5.54. The lowest BCUT2D eigenvalue weighted by molar-refractivity contribution is 0.551. The Hall–Kier alpha value is -0.470. The van der Waals surface area contributed by atoms with Crippen molar-refractivity contribution in [1.82, 2.24) is 5.32 Å². The highest BCUT2D eigenvalue weighted by Crippen LogP contribution is 2.36. The predicted molar refractivity (Wildman–Crippen MR) is 79.4 cm³/mol. The Balaban J connectivity index is 1.68. The number of fused-ring (bicyclic) bond motifs is 1. The molecule has 1 aromatic rings. The van der Waals surface area contributed by atoms with Gasteiger partial charge in [0.25, 0.3) is 0 Å². The van der Waals surface area contributed by atoms with Crippen molar-refractivity contribution < 1.29 is 0 Å². The van der Waals surface area contributed by atoms with Crippen LogP contribution >= 0.6 is 11.8 Å². The summed E-state index contributed by atoms with van der Waals surface area (Å²) in [6.45, 7) is 3.32. The van der Waals surface area contributed by atoms with Gasteiger partial charge in [0, 0.05) is 16.2 Å². The lowest BCUT2D eigenvalue weighted by Crippen LogP contribution is -2.33. The van der Waals surface area contributed by atoms with Gasteiger partial charge in [0.05, 0.1) is 0 Å². The Morgan fingerprint density at radius 1 is 1.17 bits per heavy atom. The molecule has 2 atom stereocenters. The van der Waals surface area contributed by atoms with Crippen molar-refractivity contribution in [2.45, 2.75) is 61.6 Å². The fourth-order valence-electron chi connectivity index (χ4n) is 3.36. The highest BCUT2D eigenvalue weighted by Gasteiger charge is 2.27. The van der Waals surface area contributed by atoms with Crippen molar-refractivity contribution in [3.05, 3.63) is 29.3 Å². The topological polar surface area (TPSA) is 12.0 Å². The summed E-state index contributed by atoms with van der Waals surface area (Å²) >= 11 is 2.10. The molecule has 0 heterocycles. The number of thioether (sulfide) groups is 1. The van der Waals surface area contributed by atoms with Crippen molar-refractivity contribution >= 4 is 11.8 Å². The monoisotopic (exact) mass is 261 g/mol. The van der Waals surface area contributed by atoms with E-state index in [0.717, 1.165) is 17.8 Å². The Labute approximate surface area is 115 Å². The van der Waals surface area contributed by atoms with Crippen molar-refractivity contribution in [2.24, 2.45) is 0 Å². The molecule has 1 saturated carbocycles. The van der Waals surface area contributed by atoms with Gasteiger partial charge in [-0.25, -0.2) is 0 Å². The largest absolute Gasteiger partial charge is 0.313 e. The van der Waals surface area contributed by atoms with Gasteiger partial charge in [0.2, 0.25) is 0 Å². The van der Waals surface area contributed by atoms with E-state index in [1.165, 1.54) is 43.4 Å². The standard InChI is InChI=1S/C16H23NS/c1-2-17-15-7-4-8-16(15)18-14-10-9-12-5-3-6-13(12)11-14/h9-11,15-17H,2-8H2,1H3. The highest BCUT2D eigenvalue weighted by molar-refractivity contribution is 8.00. The maximum absolute atomic E-state index is 3.65. The van der Waals surface area contributed by atoms with Gasteiger partial charge < -0.3 is 5.32 Å². The average Bonchev–Trinajstić information content (AvgIpc) is 2.99. The van der Waals surface area contributed by atoms with E-state index in [-0.39, 0.29) is 0 Å². The number of hydrogen-bond donors (Lipinski definition) is 1. The van der Waals surface area contributed by atoms with E-state index in [1.54, 1.807) is 11.1 Å². The smallest absolute Gasteiger partial charge is 0.0248 e. The molecule has 98 valence electrons. The molecule has 1 nitrogen and oxygen atoms in total. The van der Waals surface area contributed by atoms with E-state index < -0.39 is 0 Å². The van der Waals surface area contributed by atoms with Gasteiger partial charge in [0.15, 0.2) is 0 Å². The first-order chi connectivity index (χ1) is 8.86. The zero-order valence-electron chi connectivity index (χ0n) is 11.2. The molecule has 1 N–H and O–H groups in total. The molecule has 0 bridgehead atoms. The second-order valence-corrected chi connectivity index (χ2v) is 6.85. The zero-order chi connectivity index (χ0) is 12.4. The van der Waals surface area contributed by atoms with E-state index in [9.17, 15) is 0 Å². The third kappa shape index (κ3) is 2.60. The minimum absolute atomic E-state index is 0.730. The average molecular weight is 261 g/mol. The van der Waals surface area contributed by atoms with Gasteiger partial charge >= 0.3 is 0 Å². The number of aryl methyl sites for hydroxylation is 2. The third-order valence-corrected chi connectivity index (χ3v) is 5.67. The molecule has 1 fully saturated rings. The quantitative estimate of drug-likeness (QED) is 0.885. The number of hydrogen-bond acceptors (Lipinski definition) is 2. The molecule has 2 unspecified atom stereocenters. The van der Waals surface area contributed by atoms with Crippen LogP contribution in [0.25, 0.3) is 0 Å². The number of benzene rings is 1. The molecule has 0 aliphatic heterocycles. The summed E-state index contributed by atoms with van der Waals surface area (Å²) in [7, 11) is 0. The van der Waals surface area contributed by atoms with Crippen LogP contribution in [0.3, 0.4) is 0 Å². The van der Waals surface area contributed by atoms with E-state index in [1.807, 2.05) is 0 Å². The van der Waals surface area contributed by atoms with Crippen LogP contribution in [0.15, 0.2) is 23.1 Å². The Bertz CT molecular complexity index is 416. The highest BCUT2D eigenvalue weighted by atomic mass is 32.2. The maximum atomic E-state index is 3.65. The van der Waals surface area contributed by atoms with Crippen LogP contribution in [0, 0.1) is 0 Å². The van der Waals surface area contributed by atoms with Crippen LogP contribution in [0.2, 0.25) is 0 Å². The molecule has 2 heteroatoms. The number of nitrogens with one attached hydrogen (secondary N) is 1. The lowest BCUT2D eigenvalue weighted by Gasteiger charge is -2.20. The van der Waals surface area contributed by atoms with Gasteiger partial charge in [-0.15, -0.1) is 11.8 Å². The van der Waals surface area contributed by atoms with Crippen LogP contribution in [-0.2, 0) is 12.8 Å². The van der Waals surface area contributed by atoms with Crippen molar-refractivity contribution in [3.8, 4) is 0 Å². The SMILES string of the molecule is CCNC1CCCC1Sc1ccc2c(c1)CCC2. The van der Waals surface area contributed by atoms with Crippen molar-refractivity contribution in [1.29, 1.82) is 0 Å². The Morgan fingerprint density at radius 3 is 2.94 bits per heavy atom. The summed E-state index contributed by atoms with van der Waals surface area (Å²) in [6, 6.07) is 7.89. The lowest BCUT2D eigenvalue weighted by atomic mass is 10.1. The van der Waals surface area contributed by atoms with E-state index in [4.69, 9.17) is 0 Å². The van der Waals surface area contributed by atoms with Crippen LogP contribution in [0.4, 0.5) is 0 Å². The van der Waals surface area contributed by atoms with Crippen molar-refractivity contribution in [3.63, 3.8) is 0 Å². The first kappa shape index (κ1) is 12.6. The summed E-state index contributed by atoms with van der Waals surface area (Å²) in [5, 5.41) is 4.43.